The van der Waals surface area contributed by atoms with Gasteiger partial charge in [0.05, 0.1) is 19.1 Å². The highest BCUT2D eigenvalue weighted by Gasteiger charge is 2.41. The molecule has 0 aliphatic heterocycles. The van der Waals surface area contributed by atoms with Gasteiger partial charge in [-0.1, -0.05) is 0 Å². The van der Waals surface area contributed by atoms with Crippen molar-refractivity contribution >= 4 is 47.3 Å². The van der Waals surface area contributed by atoms with Gasteiger partial charge in [0.1, 0.15) is 18.1 Å². The largest absolute Gasteiger partial charge is 0.379 e. The lowest BCUT2D eigenvalue weighted by molar-refractivity contribution is -0.157. The van der Waals surface area contributed by atoms with Gasteiger partial charge in [0.25, 0.3) is 0 Å². The van der Waals surface area contributed by atoms with Crippen LogP contribution in [0.2, 0.25) is 0 Å². The van der Waals surface area contributed by atoms with Crippen LogP contribution in [-0.2, 0) is 43.1 Å². The summed E-state index contributed by atoms with van der Waals surface area (Å²) in [4.78, 5) is 114. The number of carbonyl (C=O) groups is 8. The van der Waals surface area contributed by atoms with Crippen LogP contribution in [0, 0.1) is 0 Å². The average Bonchev–Trinajstić information content (AvgIpc) is 3.04. The molecule has 17 heteroatoms. The number of carbonyl (C=O) groups excluding carboxylic acids is 8. The first kappa shape index (κ1) is 43.7. The monoisotopic (exact) mass is 684 g/mol. The third kappa shape index (κ3) is 11.8. The van der Waals surface area contributed by atoms with E-state index in [4.69, 9.17) is 4.74 Å². The van der Waals surface area contributed by atoms with E-state index < -0.39 is 66.2 Å². The third-order valence-electron chi connectivity index (χ3n) is 8.24. The van der Waals surface area contributed by atoms with E-state index in [2.05, 4.69) is 0 Å². The molecule has 0 aromatic heterocycles. The summed E-state index contributed by atoms with van der Waals surface area (Å²) in [5.74, 6) is -5.05. The van der Waals surface area contributed by atoms with Gasteiger partial charge in [-0.15, -0.1) is 0 Å². The molecule has 0 N–H and O–H groups in total. The smallest absolute Gasteiger partial charge is 0.312 e. The molecule has 0 unspecified atom stereocenters. The van der Waals surface area contributed by atoms with Crippen LogP contribution in [-0.4, -0.2) is 208 Å². The van der Waals surface area contributed by atoms with Crippen LogP contribution in [0.4, 0.5) is 0 Å². The maximum absolute atomic E-state index is 14.0. The van der Waals surface area contributed by atoms with E-state index in [0.29, 0.717) is 6.54 Å². The van der Waals surface area contributed by atoms with E-state index in [1.165, 1.54) is 78.2 Å². The lowest BCUT2D eigenvalue weighted by Gasteiger charge is -2.38. The molecule has 17 nitrogen and oxygen atoms in total. The molecule has 4 atom stereocenters. The average molecular weight is 685 g/mol. The van der Waals surface area contributed by atoms with Gasteiger partial charge >= 0.3 is 11.8 Å². The van der Waals surface area contributed by atoms with Gasteiger partial charge < -0.3 is 43.9 Å². The van der Waals surface area contributed by atoms with Crippen molar-refractivity contribution in [3.63, 3.8) is 0 Å². The predicted molar refractivity (Wildman–Crippen MR) is 177 cm³/mol. The number of hydrogen-bond donors (Lipinski definition) is 0. The summed E-state index contributed by atoms with van der Waals surface area (Å²) in [6, 6.07) is -3.69. The van der Waals surface area contributed by atoms with Crippen molar-refractivity contribution in [3.05, 3.63) is 0 Å². The maximum atomic E-state index is 14.0. The highest BCUT2D eigenvalue weighted by Crippen LogP contribution is 2.17. The first-order valence-corrected chi connectivity index (χ1v) is 15.5. The molecule has 0 fully saturated rings. The van der Waals surface area contributed by atoms with Crippen LogP contribution in [0.5, 0.6) is 0 Å². The fourth-order valence-corrected chi connectivity index (χ4v) is 4.57. The molecule has 0 bridgehead atoms. The summed E-state index contributed by atoms with van der Waals surface area (Å²) in [6.07, 6.45) is -1.39. The van der Waals surface area contributed by atoms with Gasteiger partial charge in [-0.2, -0.15) is 0 Å². The van der Waals surface area contributed by atoms with E-state index in [9.17, 15) is 38.4 Å². The number of likely N-dealkylation sites (N-methyl/N-ethyl adjacent to an activating group) is 6. The van der Waals surface area contributed by atoms with Crippen LogP contribution in [0.25, 0.3) is 0 Å². The number of hydrogen-bond acceptors (Lipinski definition) is 9. The minimum Gasteiger partial charge on any atom is -0.379 e. The minimum atomic E-state index is -1.26. The SMILES string of the molecule is CCN(C)C(=O)[C@H](CC(=O)N(C)C)N(C)C(=O)[C@H]([C@H](C)OC)N(C)C(=O)CN(C)C(=O)[C@@H](CCC(=O)N(C)C)N(C)C(=O)C(=O)N(C)C. The second-order valence-corrected chi connectivity index (χ2v) is 12.4. The molecule has 0 aliphatic carbocycles. The molecule has 0 aromatic carbocycles. The molecular formula is C31H56N8O9. The second-order valence-electron chi connectivity index (χ2n) is 12.4. The molecule has 0 spiro atoms. The lowest BCUT2D eigenvalue weighted by atomic mass is 10.0. The number of rotatable bonds is 16. The van der Waals surface area contributed by atoms with Crippen LogP contribution >= 0.6 is 0 Å². The Morgan fingerprint density at radius 1 is 0.562 bits per heavy atom. The molecule has 0 saturated carbocycles. The van der Waals surface area contributed by atoms with Gasteiger partial charge in [-0.25, -0.2) is 0 Å². The van der Waals surface area contributed by atoms with Crippen molar-refractivity contribution < 1.29 is 43.1 Å². The Kier molecular flexibility index (Phi) is 17.8. The molecule has 0 heterocycles. The van der Waals surface area contributed by atoms with Gasteiger partial charge in [-0.05, 0) is 20.3 Å². The van der Waals surface area contributed by atoms with E-state index in [0.717, 1.165) is 24.5 Å². The summed E-state index contributed by atoms with van der Waals surface area (Å²) < 4.78 is 5.44. The van der Waals surface area contributed by atoms with Crippen molar-refractivity contribution in [3.8, 4) is 0 Å². The number of methoxy groups -OCH3 is 1. The van der Waals surface area contributed by atoms with Gasteiger partial charge in [-0.3, -0.25) is 38.4 Å². The Labute approximate surface area is 284 Å². The zero-order chi connectivity index (χ0) is 37.8. The van der Waals surface area contributed by atoms with Crippen LogP contribution in [0.3, 0.4) is 0 Å². The fourth-order valence-electron chi connectivity index (χ4n) is 4.57. The summed E-state index contributed by atoms with van der Waals surface area (Å²) in [5.41, 5.74) is 0. The maximum Gasteiger partial charge on any atom is 0.312 e. The van der Waals surface area contributed by atoms with Gasteiger partial charge in [0.15, 0.2) is 0 Å². The summed E-state index contributed by atoms with van der Waals surface area (Å²) >= 11 is 0. The standard InChI is InChI=1S/C31H56N8O9/c1-15-35(9)28(44)22(18-24(41)33(5)6)38(12)29(45)26(20(2)48-14)39(13)25(42)19-36(10)27(43)21(16-17-23(40)32(3)4)37(11)31(47)30(46)34(7)8/h20-22,26H,15-19H2,1-14H3/t20-,21+,22-,26-/m0/s1. The van der Waals surface area contributed by atoms with Crippen molar-refractivity contribution in [1.82, 2.24) is 39.2 Å². The first-order chi connectivity index (χ1) is 22.1. The van der Waals surface area contributed by atoms with Crippen LogP contribution < -0.4 is 0 Å². The summed E-state index contributed by atoms with van der Waals surface area (Å²) in [7, 11) is 17.2. The van der Waals surface area contributed by atoms with Crippen LogP contribution in [0.15, 0.2) is 0 Å². The zero-order valence-corrected chi connectivity index (χ0v) is 31.1. The molecule has 274 valence electrons. The lowest BCUT2D eigenvalue weighted by Crippen LogP contribution is -2.60. The predicted octanol–water partition coefficient (Wildman–Crippen LogP) is -2.13. The fraction of sp³-hybridized carbons (Fsp3) is 0.742. The Balaban J connectivity index is 6.37. The van der Waals surface area contributed by atoms with E-state index >= 15 is 0 Å². The summed E-state index contributed by atoms with van der Waals surface area (Å²) in [6.45, 7) is 3.11. The third-order valence-corrected chi connectivity index (χ3v) is 8.24. The number of amides is 8. The molecular weight excluding hydrogens is 628 g/mol. The first-order valence-electron chi connectivity index (χ1n) is 15.5. The molecule has 0 aliphatic rings. The second kappa shape index (κ2) is 19.5. The van der Waals surface area contributed by atoms with Gasteiger partial charge in [0.2, 0.25) is 35.4 Å². The highest BCUT2D eigenvalue weighted by molar-refractivity contribution is 6.35. The summed E-state index contributed by atoms with van der Waals surface area (Å²) in [5, 5.41) is 0. The number of nitrogens with zero attached hydrogens (tertiary/aromatic N) is 8. The Hall–Kier alpha value is -4.28. The molecule has 0 radical (unpaired) electrons. The van der Waals surface area contributed by atoms with Crippen molar-refractivity contribution in [2.45, 2.75) is 57.3 Å². The van der Waals surface area contributed by atoms with E-state index in [1.807, 2.05) is 0 Å². The zero-order valence-electron chi connectivity index (χ0n) is 31.1. The Bertz CT molecular complexity index is 1190. The molecule has 0 aromatic rings. The number of ether oxygens (including phenoxy) is 1. The Morgan fingerprint density at radius 3 is 1.50 bits per heavy atom. The van der Waals surface area contributed by atoms with E-state index in [1.54, 1.807) is 35.0 Å². The van der Waals surface area contributed by atoms with Gasteiger partial charge in [0, 0.05) is 97.6 Å². The molecule has 8 amide bonds. The topological polar surface area (TPSA) is 172 Å². The minimum absolute atomic E-state index is 0.115. The van der Waals surface area contributed by atoms with Crippen molar-refractivity contribution in [2.24, 2.45) is 0 Å². The van der Waals surface area contributed by atoms with E-state index in [-0.39, 0.29) is 31.1 Å². The molecule has 48 heavy (non-hydrogen) atoms. The highest BCUT2D eigenvalue weighted by atomic mass is 16.5. The van der Waals surface area contributed by atoms with Crippen molar-refractivity contribution in [2.75, 3.05) is 97.7 Å². The van der Waals surface area contributed by atoms with Crippen LogP contribution in [0.1, 0.15) is 33.1 Å². The molecule has 0 saturated heterocycles. The van der Waals surface area contributed by atoms with Crippen molar-refractivity contribution in [1.29, 1.82) is 0 Å². The Morgan fingerprint density at radius 2 is 1.06 bits per heavy atom. The normalized spacial score (nSPS) is 13.2. The quantitative estimate of drug-likeness (QED) is 0.165. The molecule has 0 rings (SSSR count).